The minimum Gasteiger partial charge on any atom is -0.346 e. The summed E-state index contributed by atoms with van der Waals surface area (Å²) in [5.74, 6) is 0. The summed E-state index contributed by atoms with van der Waals surface area (Å²) in [4.78, 5) is 2.20. The number of fused-ring (bicyclic) bond motifs is 1. The number of anilines is 2. The van der Waals surface area contributed by atoms with Crippen molar-refractivity contribution in [1.82, 2.24) is 4.67 Å². The van der Waals surface area contributed by atoms with Gasteiger partial charge in [-0.15, -0.1) is 0 Å². The summed E-state index contributed by atoms with van der Waals surface area (Å²) in [6, 6.07) is 18.3. The lowest BCUT2D eigenvalue weighted by molar-refractivity contribution is 0.446. The Kier molecular flexibility index (Phi) is 4.92. The molecule has 2 heterocycles. The van der Waals surface area contributed by atoms with Crippen LogP contribution in [0.25, 0.3) is 0 Å². The van der Waals surface area contributed by atoms with Crippen molar-refractivity contribution < 1.29 is 4.57 Å². The average Bonchev–Trinajstić information content (AvgIpc) is 3.16. The number of hydrogen-bond acceptors (Lipinski definition) is 3. The van der Waals surface area contributed by atoms with E-state index in [0.717, 1.165) is 22.4 Å². The quantitative estimate of drug-likeness (QED) is 0.612. The van der Waals surface area contributed by atoms with E-state index in [0.29, 0.717) is 13.1 Å². The van der Waals surface area contributed by atoms with E-state index in [-0.39, 0.29) is 5.41 Å². The Bertz CT molecular complexity index is 1020. The van der Waals surface area contributed by atoms with Crippen LogP contribution in [0, 0.1) is 0 Å². The van der Waals surface area contributed by atoms with Crippen molar-refractivity contribution in [2.75, 3.05) is 29.8 Å². The first-order valence-electron chi connectivity index (χ1n) is 10.2. The van der Waals surface area contributed by atoms with Crippen LogP contribution in [-0.2, 0) is 9.98 Å². The average molecular weight is 408 g/mol. The summed E-state index contributed by atoms with van der Waals surface area (Å²) in [6.07, 6.45) is 1.82. The minimum absolute atomic E-state index is 0.262. The van der Waals surface area contributed by atoms with Crippen LogP contribution >= 0.6 is 7.44 Å². The van der Waals surface area contributed by atoms with E-state index in [9.17, 15) is 4.57 Å². The van der Waals surface area contributed by atoms with Crippen molar-refractivity contribution in [3.8, 4) is 0 Å². The Morgan fingerprint density at radius 1 is 1.00 bits per heavy atom. The number of hydrazone groups is 1. The molecule has 2 aliphatic rings. The molecule has 0 spiro atoms. The minimum atomic E-state index is -3.13. The van der Waals surface area contributed by atoms with Crippen LogP contribution in [0.3, 0.4) is 0 Å². The van der Waals surface area contributed by atoms with Crippen LogP contribution in [0.4, 0.5) is 11.4 Å². The highest BCUT2D eigenvalue weighted by atomic mass is 31.2. The first kappa shape index (κ1) is 19.9. The summed E-state index contributed by atoms with van der Waals surface area (Å²) >= 11 is 0. The molecule has 2 aromatic rings. The number of hydrogen-bond donors (Lipinski definition) is 0. The van der Waals surface area contributed by atoms with Crippen molar-refractivity contribution in [3.05, 3.63) is 71.2 Å². The molecule has 0 unspecified atom stereocenters. The molecule has 5 nitrogen and oxygen atoms in total. The van der Waals surface area contributed by atoms with E-state index < -0.39 is 7.44 Å². The Balaban J connectivity index is 1.96. The lowest BCUT2D eigenvalue weighted by atomic mass is 9.84. The van der Waals surface area contributed by atoms with Crippen LogP contribution in [-0.4, -0.2) is 31.0 Å². The van der Waals surface area contributed by atoms with Gasteiger partial charge in [0.25, 0.3) is 7.44 Å². The smallest absolute Gasteiger partial charge is 0.292 e. The van der Waals surface area contributed by atoms with E-state index in [2.05, 4.69) is 73.7 Å². The fraction of sp³-hybridized carbons (Fsp3) is 0.348. The summed E-state index contributed by atoms with van der Waals surface area (Å²) < 4.78 is 18.7. The predicted molar refractivity (Wildman–Crippen MR) is 123 cm³/mol. The molecule has 0 saturated carbocycles. The highest BCUT2D eigenvalue weighted by Gasteiger charge is 2.50. The number of allylic oxidation sites excluding steroid dienone is 2. The van der Waals surface area contributed by atoms with E-state index in [1.165, 1.54) is 5.56 Å². The zero-order valence-electron chi connectivity index (χ0n) is 17.8. The normalized spacial score (nSPS) is 25.2. The molecular formula is C23H29N4OP. The van der Waals surface area contributed by atoms with Crippen molar-refractivity contribution in [2.45, 2.75) is 33.1 Å². The third-order valence-corrected chi connectivity index (χ3v) is 9.20. The summed E-state index contributed by atoms with van der Waals surface area (Å²) in [7, 11) is -1.06. The van der Waals surface area contributed by atoms with Crippen LogP contribution in [0.15, 0.2) is 70.7 Å². The number of benzene rings is 2. The molecule has 0 amide bonds. The highest BCUT2D eigenvalue weighted by molar-refractivity contribution is 7.69. The standard InChI is InChI=1S/C23H29N4OP/c1-6-26(7-2)29(28)21(17-24-27(29)18-13-9-8-10-14-18)22-23(3,4)19-15-11-12-16-20(19)25(22)5/h8-17H,6-7H2,1-5H3/b22-21+/t29-/m1/s1. The second kappa shape index (κ2) is 7.16. The van der Waals surface area contributed by atoms with Crippen molar-refractivity contribution in [3.63, 3.8) is 0 Å². The van der Waals surface area contributed by atoms with Crippen molar-refractivity contribution >= 4 is 25.0 Å². The van der Waals surface area contributed by atoms with Crippen LogP contribution < -0.4 is 9.68 Å². The van der Waals surface area contributed by atoms with Gasteiger partial charge < -0.3 is 4.90 Å². The molecule has 1 atom stereocenters. The lowest BCUT2D eigenvalue weighted by Gasteiger charge is -2.36. The van der Waals surface area contributed by atoms with E-state index in [1.54, 1.807) is 4.78 Å². The van der Waals surface area contributed by atoms with E-state index in [1.807, 2.05) is 36.5 Å². The highest BCUT2D eigenvalue weighted by Crippen LogP contribution is 2.67. The fourth-order valence-electron chi connectivity index (χ4n) is 4.67. The molecule has 4 rings (SSSR count). The first-order valence-corrected chi connectivity index (χ1v) is 11.8. The van der Waals surface area contributed by atoms with Gasteiger partial charge in [-0.3, -0.25) is 4.57 Å². The Morgan fingerprint density at radius 2 is 1.62 bits per heavy atom. The molecule has 0 N–H and O–H groups in total. The van der Waals surface area contributed by atoms with Gasteiger partial charge in [0, 0.05) is 36.9 Å². The van der Waals surface area contributed by atoms with Crippen LogP contribution in [0.2, 0.25) is 0 Å². The van der Waals surface area contributed by atoms with E-state index in [4.69, 9.17) is 0 Å². The van der Waals surface area contributed by atoms with Gasteiger partial charge in [0.15, 0.2) is 0 Å². The number of likely N-dealkylation sites (N-methyl/N-ethyl adjacent to an activating group) is 1. The predicted octanol–water partition coefficient (Wildman–Crippen LogP) is 5.67. The molecular weight excluding hydrogens is 379 g/mol. The molecule has 2 aliphatic heterocycles. The van der Waals surface area contributed by atoms with Gasteiger partial charge in [-0.25, -0.2) is 4.67 Å². The molecule has 0 bridgehead atoms. The third-order valence-electron chi connectivity index (χ3n) is 6.07. The molecule has 0 saturated heterocycles. The van der Waals surface area contributed by atoms with Crippen molar-refractivity contribution in [1.29, 1.82) is 0 Å². The zero-order chi connectivity index (χ0) is 20.8. The molecule has 6 heteroatoms. The first-order chi connectivity index (χ1) is 13.9. The number of rotatable bonds is 4. The zero-order valence-corrected chi connectivity index (χ0v) is 18.7. The molecule has 0 fully saturated rings. The summed E-state index contributed by atoms with van der Waals surface area (Å²) in [6.45, 7) is 9.92. The summed E-state index contributed by atoms with van der Waals surface area (Å²) in [5.41, 5.74) is 4.07. The number of nitrogens with zero attached hydrogens (tertiary/aromatic N) is 4. The van der Waals surface area contributed by atoms with Gasteiger partial charge in [-0.2, -0.15) is 9.88 Å². The van der Waals surface area contributed by atoms with Crippen molar-refractivity contribution in [2.24, 2.45) is 5.10 Å². The maximum atomic E-state index is 14.9. The topological polar surface area (TPSA) is 39.2 Å². The third kappa shape index (κ3) is 2.79. The largest absolute Gasteiger partial charge is 0.346 e. The number of para-hydroxylation sites is 2. The van der Waals surface area contributed by atoms with Gasteiger partial charge >= 0.3 is 0 Å². The summed E-state index contributed by atoms with van der Waals surface area (Å²) in [5, 5.41) is 5.51. The van der Waals surface area contributed by atoms with E-state index >= 15 is 0 Å². The lowest BCUT2D eigenvalue weighted by Crippen LogP contribution is -2.31. The Hall–Kier alpha value is -2.36. The molecule has 0 radical (unpaired) electrons. The maximum Gasteiger partial charge on any atom is 0.292 e. The SMILES string of the molecule is CCN(CC)[P@]1(=O)/C(=C2/N(C)c3ccccc3C2(C)C)C=NN1c1ccccc1. The maximum absolute atomic E-state index is 14.9. The Labute approximate surface area is 173 Å². The molecule has 2 aromatic carbocycles. The molecule has 0 aliphatic carbocycles. The van der Waals surface area contributed by atoms with Crippen LogP contribution in [0.1, 0.15) is 33.3 Å². The monoisotopic (exact) mass is 408 g/mol. The molecule has 0 aromatic heterocycles. The van der Waals surface area contributed by atoms with Gasteiger partial charge in [0.2, 0.25) is 0 Å². The van der Waals surface area contributed by atoms with Gasteiger partial charge in [0.1, 0.15) is 0 Å². The van der Waals surface area contributed by atoms with Gasteiger partial charge in [0.05, 0.1) is 17.2 Å². The second-order valence-corrected chi connectivity index (χ2v) is 10.5. The Morgan fingerprint density at radius 3 is 2.24 bits per heavy atom. The second-order valence-electron chi connectivity index (χ2n) is 7.99. The molecule has 29 heavy (non-hydrogen) atoms. The fourth-order valence-corrected chi connectivity index (χ4v) is 7.73. The van der Waals surface area contributed by atoms with Gasteiger partial charge in [-0.05, 0) is 23.8 Å². The van der Waals surface area contributed by atoms with Gasteiger partial charge in [-0.1, -0.05) is 64.1 Å². The van der Waals surface area contributed by atoms with Crippen LogP contribution in [0.5, 0.6) is 0 Å². The molecule has 152 valence electrons.